The molecule has 68 valence electrons. The number of carboxylic acids is 1. The zero-order valence-electron chi connectivity index (χ0n) is 6.44. The Bertz CT molecular complexity index is 338. The number of anilines is 1. The van der Waals surface area contributed by atoms with Crippen molar-refractivity contribution in [1.29, 1.82) is 10.8 Å². The highest BCUT2D eigenvalue weighted by molar-refractivity contribution is 5.93. The third-order valence-corrected chi connectivity index (χ3v) is 1.24. The molecule has 1 aromatic carbocycles. The zero-order chi connectivity index (χ0) is 10.4. The van der Waals surface area contributed by atoms with Crippen LogP contribution in [0.4, 0.5) is 10.1 Å². The molecular formula is C7H6FN3O2. The Kier molecular flexibility index (Phi) is 3.89. The third kappa shape index (κ3) is 2.75. The van der Waals surface area contributed by atoms with Crippen molar-refractivity contribution in [2.45, 2.75) is 0 Å². The standard InChI is InChI=1S/C7H6FNO2.N2/c8-4-1-2-5(7(10)11)6(9)3-4;1-2/h1-3H,9H2,(H,10,11);. The van der Waals surface area contributed by atoms with Gasteiger partial charge in [-0.1, -0.05) is 0 Å². The van der Waals surface area contributed by atoms with E-state index in [-0.39, 0.29) is 11.3 Å². The van der Waals surface area contributed by atoms with Crippen LogP contribution in [0, 0.1) is 16.6 Å². The van der Waals surface area contributed by atoms with Crippen molar-refractivity contribution in [3.8, 4) is 0 Å². The molecule has 0 saturated heterocycles. The largest absolute Gasteiger partial charge is 0.478 e. The van der Waals surface area contributed by atoms with E-state index in [2.05, 4.69) is 0 Å². The van der Waals surface area contributed by atoms with Crippen LogP contribution in [0.15, 0.2) is 18.2 Å². The first-order valence-corrected chi connectivity index (χ1v) is 3.09. The third-order valence-electron chi connectivity index (χ3n) is 1.24. The lowest BCUT2D eigenvalue weighted by molar-refractivity contribution is 0.0698. The maximum atomic E-state index is 12.3. The summed E-state index contributed by atoms with van der Waals surface area (Å²) in [4.78, 5) is 10.3. The van der Waals surface area contributed by atoms with Crippen LogP contribution in [0.1, 0.15) is 10.4 Å². The number of carboxylic acid groups (broad SMARTS) is 1. The summed E-state index contributed by atoms with van der Waals surface area (Å²) in [5.41, 5.74) is 5.07. The normalized spacial score (nSPS) is 8.23. The van der Waals surface area contributed by atoms with Crippen LogP contribution in [0.25, 0.3) is 0 Å². The number of hydrogen-bond donors (Lipinski definition) is 2. The lowest BCUT2D eigenvalue weighted by atomic mass is 10.2. The van der Waals surface area contributed by atoms with Gasteiger partial charge in [0, 0.05) is 16.5 Å². The molecule has 0 aliphatic rings. The average molecular weight is 183 g/mol. The van der Waals surface area contributed by atoms with Gasteiger partial charge in [0.05, 0.1) is 5.56 Å². The lowest BCUT2D eigenvalue weighted by Crippen LogP contribution is -2.02. The second-order valence-electron chi connectivity index (χ2n) is 2.04. The number of benzene rings is 1. The summed E-state index contributed by atoms with van der Waals surface area (Å²) in [7, 11) is 0. The van der Waals surface area contributed by atoms with Crippen molar-refractivity contribution in [2.24, 2.45) is 0 Å². The van der Waals surface area contributed by atoms with Gasteiger partial charge < -0.3 is 10.8 Å². The molecule has 0 amide bonds. The first-order chi connectivity index (χ1) is 6.11. The maximum absolute atomic E-state index is 12.3. The minimum Gasteiger partial charge on any atom is -0.478 e. The van der Waals surface area contributed by atoms with Gasteiger partial charge in [0.25, 0.3) is 0 Å². The van der Waals surface area contributed by atoms with E-state index in [1.54, 1.807) is 0 Å². The fourth-order valence-corrected chi connectivity index (χ4v) is 0.728. The van der Waals surface area contributed by atoms with Crippen molar-refractivity contribution in [3.63, 3.8) is 0 Å². The van der Waals surface area contributed by atoms with Gasteiger partial charge in [-0.2, -0.15) is 0 Å². The second kappa shape index (κ2) is 4.66. The molecule has 0 aliphatic heterocycles. The monoisotopic (exact) mass is 183 g/mol. The Morgan fingerprint density at radius 1 is 1.46 bits per heavy atom. The van der Waals surface area contributed by atoms with Gasteiger partial charge in [0.1, 0.15) is 5.82 Å². The van der Waals surface area contributed by atoms with E-state index in [1.807, 2.05) is 0 Å². The summed E-state index contributed by atoms with van der Waals surface area (Å²) in [6.07, 6.45) is 0. The molecule has 6 heteroatoms. The molecule has 13 heavy (non-hydrogen) atoms. The second-order valence-corrected chi connectivity index (χ2v) is 2.04. The molecule has 0 fully saturated rings. The van der Waals surface area contributed by atoms with Crippen molar-refractivity contribution >= 4 is 11.7 Å². The smallest absolute Gasteiger partial charge is 0.337 e. The van der Waals surface area contributed by atoms with E-state index >= 15 is 0 Å². The quantitative estimate of drug-likeness (QED) is 0.500. The predicted molar refractivity (Wildman–Crippen MR) is 41.2 cm³/mol. The summed E-state index contributed by atoms with van der Waals surface area (Å²) < 4.78 is 12.3. The number of nitrogens with two attached hydrogens (primary N) is 1. The zero-order valence-corrected chi connectivity index (χ0v) is 6.44. The van der Waals surface area contributed by atoms with E-state index in [0.29, 0.717) is 0 Å². The highest BCUT2D eigenvalue weighted by Crippen LogP contribution is 2.12. The molecule has 0 aliphatic carbocycles. The van der Waals surface area contributed by atoms with Crippen LogP contribution >= 0.6 is 0 Å². The van der Waals surface area contributed by atoms with Gasteiger partial charge in [-0.15, -0.1) is 0 Å². The summed E-state index contributed by atoms with van der Waals surface area (Å²) >= 11 is 0. The molecule has 1 rings (SSSR count). The molecule has 5 nitrogen and oxygen atoms in total. The van der Waals surface area contributed by atoms with E-state index in [4.69, 9.17) is 21.6 Å². The van der Waals surface area contributed by atoms with Crippen LogP contribution in [-0.4, -0.2) is 11.1 Å². The molecule has 3 N–H and O–H groups in total. The number of carbonyl (C=O) groups is 1. The molecule has 0 atom stereocenters. The number of halogens is 1. The number of rotatable bonds is 1. The maximum Gasteiger partial charge on any atom is 0.337 e. The van der Waals surface area contributed by atoms with Crippen LogP contribution in [0.2, 0.25) is 0 Å². The molecule has 0 unspecified atom stereocenters. The Balaban J connectivity index is 0.000000671. The molecule has 0 heterocycles. The first-order valence-electron chi connectivity index (χ1n) is 3.09. The van der Waals surface area contributed by atoms with Gasteiger partial charge in [0.2, 0.25) is 0 Å². The summed E-state index contributed by atoms with van der Waals surface area (Å²) in [5, 5.41) is 20.5. The van der Waals surface area contributed by atoms with E-state index in [1.165, 1.54) is 0 Å². The van der Waals surface area contributed by atoms with Crippen molar-refractivity contribution in [1.82, 2.24) is 0 Å². The van der Waals surface area contributed by atoms with Crippen molar-refractivity contribution in [2.75, 3.05) is 5.73 Å². The summed E-state index contributed by atoms with van der Waals surface area (Å²) in [6, 6.07) is 3.16. The van der Waals surface area contributed by atoms with E-state index < -0.39 is 11.8 Å². The average Bonchev–Trinajstić information content (AvgIpc) is 2.07. The Morgan fingerprint density at radius 2 is 2.00 bits per heavy atom. The predicted octanol–water partition coefficient (Wildman–Crippen LogP) is 1.14. The topological polar surface area (TPSA) is 111 Å². The van der Waals surface area contributed by atoms with Gasteiger partial charge >= 0.3 is 5.97 Å². The minimum absolute atomic E-state index is 0.0579. The number of aromatic carboxylic acids is 1. The molecule has 1 aromatic rings. The van der Waals surface area contributed by atoms with Crippen LogP contribution < -0.4 is 5.73 Å². The van der Waals surface area contributed by atoms with E-state index in [0.717, 1.165) is 18.2 Å². The Labute approximate surface area is 73.0 Å². The van der Waals surface area contributed by atoms with Crippen molar-refractivity contribution in [3.05, 3.63) is 29.6 Å². The van der Waals surface area contributed by atoms with Crippen molar-refractivity contribution < 1.29 is 14.3 Å². The van der Waals surface area contributed by atoms with Crippen LogP contribution in [-0.2, 0) is 0 Å². The molecule has 0 aromatic heterocycles. The number of hydrogen-bond acceptors (Lipinski definition) is 4. The fourth-order valence-electron chi connectivity index (χ4n) is 0.728. The number of nitrogens with zero attached hydrogens (tertiary/aromatic N) is 2. The SMILES string of the molecule is N#N.Nc1cc(F)ccc1C(=O)O. The highest BCUT2D eigenvalue weighted by Gasteiger charge is 2.06. The minimum atomic E-state index is -1.15. The molecule has 0 radical (unpaired) electrons. The number of nitrogen functional groups attached to an aromatic ring is 1. The summed E-state index contributed by atoms with van der Waals surface area (Å²) in [6.45, 7) is 0. The lowest BCUT2D eigenvalue weighted by Gasteiger charge is -1.98. The van der Waals surface area contributed by atoms with Gasteiger partial charge in [-0.3, -0.25) is 0 Å². The van der Waals surface area contributed by atoms with Crippen LogP contribution in [0.5, 0.6) is 0 Å². The molecule has 0 saturated carbocycles. The van der Waals surface area contributed by atoms with Gasteiger partial charge in [-0.05, 0) is 18.2 Å². The molecule has 0 bridgehead atoms. The molecular weight excluding hydrogens is 177 g/mol. The highest BCUT2D eigenvalue weighted by atomic mass is 19.1. The van der Waals surface area contributed by atoms with Gasteiger partial charge in [0.15, 0.2) is 0 Å². The first kappa shape index (κ1) is 10.8. The Hall–Kier alpha value is -2.16. The Morgan fingerprint density at radius 3 is 2.38 bits per heavy atom. The fraction of sp³-hybridized carbons (Fsp3) is 0. The molecule has 0 spiro atoms. The van der Waals surface area contributed by atoms with Gasteiger partial charge in [-0.25, -0.2) is 9.18 Å². The van der Waals surface area contributed by atoms with E-state index in [9.17, 15) is 9.18 Å². The summed E-state index contributed by atoms with van der Waals surface area (Å²) in [5.74, 6) is -1.69. The van der Waals surface area contributed by atoms with Crippen LogP contribution in [0.3, 0.4) is 0 Å².